The minimum absolute atomic E-state index is 0.0411. The Morgan fingerprint density at radius 2 is 1.79 bits per heavy atom. The molecular weight excluding hydrogens is 234 g/mol. The number of hydrogen-bond donors (Lipinski definition) is 1. The first kappa shape index (κ1) is 15.5. The summed E-state index contributed by atoms with van der Waals surface area (Å²) in [5, 5.41) is 2.97. The Hall–Kier alpha value is -1.57. The molecule has 19 heavy (non-hydrogen) atoms. The van der Waals surface area contributed by atoms with E-state index >= 15 is 0 Å². The molecule has 1 N–H and O–H groups in total. The number of hydrogen-bond acceptors (Lipinski definition) is 1. The highest BCUT2D eigenvalue weighted by atomic mass is 16.1. The van der Waals surface area contributed by atoms with Gasteiger partial charge in [0.15, 0.2) is 0 Å². The fourth-order valence-corrected chi connectivity index (χ4v) is 1.93. The molecule has 1 rings (SSSR count). The van der Waals surface area contributed by atoms with Crippen LogP contribution in [0, 0.1) is 0 Å². The lowest BCUT2D eigenvalue weighted by atomic mass is 10.1. The highest BCUT2D eigenvalue weighted by molar-refractivity contribution is 5.97. The summed E-state index contributed by atoms with van der Waals surface area (Å²) in [4.78, 5) is 11.9. The van der Waals surface area contributed by atoms with Crippen LogP contribution in [0.15, 0.2) is 35.9 Å². The summed E-state index contributed by atoms with van der Waals surface area (Å²) in [6, 6.07) is 9.93. The maximum absolute atomic E-state index is 11.9. The Morgan fingerprint density at radius 1 is 1.11 bits per heavy atom. The van der Waals surface area contributed by atoms with Crippen molar-refractivity contribution in [3.05, 3.63) is 41.5 Å². The van der Waals surface area contributed by atoms with E-state index in [0.717, 1.165) is 24.1 Å². The van der Waals surface area contributed by atoms with Gasteiger partial charge in [-0.25, -0.2) is 0 Å². The van der Waals surface area contributed by atoms with Crippen molar-refractivity contribution in [2.75, 3.05) is 6.54 Å². The van der Waals surface area contributed by atoms with Crippen molar-refractivity contribution in [3.8, 4) is 0 Å². The molecule has 0 aliphatic carbocycles. The molecular formula is C17H25NO. The molecule has 0 saturated heterocycles. The van der Waals surface area contributed by atoms with Crippen LogP contribution in [0.2, 0.25) is 0 Å². The lowest BCUT2D eigenvalue weighted by Gasteiger charge is -2.05. The molecule has 1 amide bonds. The fourth-order valence-electron chi connectivity index (χ4n) is 1.93. The van der Waals surface area contributed by atoms with Gasteiger partial charge in [-0.15, -0.1) is 0 Å². The van der Waals surface area contributed by atoms with E-state index in [1.54, 1.807) is 0 Å². The Balaban J connectivity index is 2.27. The average molecular weight is 259 g/mol. The van der Waals surface area contributed by atoms with Crippen LogP contribution >= 0.6 is 0 Å². The molecule has 1 aromatic carbocycles. The van der Waals surface area contributed by atoms with Crippen LogP contribution in [-0.4, -0.2) is 12.5 Å². The number of rotatable bonds is 8. The summed E-state index contributed by atoms with van der Waals surface area (Å²) in [5.41, 5.74) is 1.83. The fraction of sp³-hybridized carbons (Fsp3) is 0.471. The van der Waals surface area contributed by atoms with Gasteiger partial charge < -0.3 is 5.32 Å². The SMILES string of the molecule is CCCCCCCNC(=O)C(C)=Cc1ccccc1. The number of carbonyl (C=O) groups is 1. The summed E-state index contributed by atoms with van der Waals surface area (Å²) in [6.45, 7) is 4.85. The van der Waals surface area contributed by atoms with Gasteiger partial charge in [-0.3, -0.25) is 4.79 Å². The van der Waals surface area contributed by atoms with Crippen molar-refractivity contribution >= 4 is 12.0 Å². The first-order valence-corrected chi connectivity index (χ1v) is 7.25. The minimum atomic E-state index is 0.0411. The van der Waals surface area contributed by atoms with Gasteiger partial charge in [-0.2, -0.15) is 0 Å². The van der Waals surface area contributed by atoms with Crippen molar-refractivity contribution < 1.29 is 4.79 Å². The molecule has 0 unspecified atom stereocenters. The largest absolute Gasteiger partial charge is 0.352 e. The summed E-state index contributed by atoms with van der Waals surface area (Å²) >= 11 is 0. The van der Waals surface area contributed by atoms with Crippen LogP contribution in [0.25, 0.3) is 6.08 Å². The molecule has 2 heteroatoms. The summed E-state index contributed by atoms with van der Waals surface area (Å²) in [5.74, 6) is 0.0411. The summed E-state index contributed by atoms with van der Waals surface area (Å²) < 4.78 is 0. The molecule has 104 valence electrons. The topological polar surface area (TPSA) is 29.1 Å². The molecule has 0 spiro atoms. The normalized spacial score (nSPS) is 11.4. The maximum Gasteiger partial charge on any atom is 0.246 e. The molecule has 0 saturated carbocycles. The van der Waals surface area contributed by atoms with E-state index < -0.39 is 0 Å². The number of unbranched alkanes of at least 4 members (excludes halogenated alkanes) is 4. The highest BCUT2D eigenvalue weighted by Crippen LogP contribution is 2.06. The molecule has 0 aromatic heterocycles. The Bertz CT molecular complexity index is 395. The standard InChI is InChI=1S/C17H25NO/c1-3-4-5-6-10-13-18-17(19)15(2)14-16-11-8-7-9-12-16/h7-9,11-12,14H,3-6,10,13H2,1-2H3,(H,18,19). The Labute approximate surface area is 116 Å². The van der Waals surface area contributed by atoms with Crippen LogP contribution in [0.3, 0.4) is 0 Å². The first-order chi connectivity index (χ1) is 9.24. The van der Waals surface area contributed by atoms with Gasteiger partial charge in [-0.05, 0) is 25.0 Å². The van der Waals surface area contributed by atoms with Gasteiger partial charge in [0.2, 0.25) is 5.91 Å². The number of amides is 1. The van der Waals surface area contributed by atoms with E-state index in [4.69, 9.17) is 0 Å². The van der Waals surface area contributed by atoms with Crippen molar-refractivity contribution in [1.82, 2.24) is 5.32 Å². The van der Waals surface area contributed by atoms with E-state index in [0.29, 0.717) is 0 Å². The maximum atomic E-state index is 11.9. The van der Waals surface area contributed by atoms with Crippen molar-refractivity contribution in [1.29, 1.82) is 0 Å². The van der Waals surface area contributed by atoms with E-state index in [1.165, 1.54) is 25.7 Å². The zero-order valence-corrected chi connectivity index (χ0v) is 12.1. The predicted octanol–water partition coefficient (Wildman–Crippen LogP) is 4.18. The predicted molar refractivity (Wildman–Crippen MR) is 81.9 cm³/mol. The van der Waals surface area contributed by atoms with Gasteiger partial charge in [0.1, 0.15) is 0 Å². The van der Waals surface area contributed by atoms with Crippen LogP contribution in [-0.2, 0) is 4.79 Å². The van der Waals surface area contributed by atoms with Gasteiger partial charge in [-0.1, -0.05) is 62.9 Å². The van der Waals surface area contributed by atoms with Gasteiger partial charge in [0, 0.05) is 12.1 Å². The molecule has 0 bridgehead atoms. The monoisotopic (exact) mass is 259 g/mol. The molecule has 0 radical (unpaired) electrons. The summed E-state index contributed by atoms with van der Waals surface area (Å²) in [6.07, 6.45) is 8.02. The van der Waals surface area contributed by atoms with Crippen LogP contribution in [0.4, 0.5) is 0 Å². The van der Waals surface area contributed by atoms with Crippen molar-refractivity contribution in [3.63, 3.8) is 0 Å². The van der Waals surface area contributed by atoms with Gasteiger partial charge in [0.25, 0.3) is 0 Å². The second-order valence-corrected chi connectivity index (χ2v) is 4.91. The molecule has 0 aliphatic heterocycles. The Morgan fingerprint density at radius 3 is 2.47 bits per heavy atom. The second-order valence-electron chi connectivity index (χ2n) is 4.91. The number of carbonyl (C=O) groups excluding carboxylic acids is 1. The van der Waals surface area contributed by atoms with E-state index in [2.05, 4.69) is 12.2 Å². The zero-order valence-electron chi connectivity index (χ0n) is 12.1. The molecule has 0 aliphatic rings. The number of benzene rings is 1. The molecule has 0 atom stereocenters. The third-order valence-corrected chi connectivity index (χ3v) is 3.11. The van der Waals surface area contributed by atoms with Crippen LogP contribution < -0.4 is 5.32 Å². The second kappa shape index (κ2) is 9.37. The zero-order chi connectivity index (χ0) is 13.9. The van der Waals surface area contributed by atoms with Crippen molar-refractivity contribution in [2.45, 2.75) is 46.0 Å². The molecule has 1 aromatic rings. The Kier molecular flexibility index (Phi) is 7.64. The number of nitrogens with one attached hydrogen (secondary N) is 1. The highest BCUT2D eigenvalue weighted by Gasteiger charge is 2.02. The molecule has 0 fully saturated rings. The van der Waals surface area contributed by atoms with Crippen LogP contribution in [0.1, 0.15) is 51.5 Å². The first-order valence-electron chi connectivity index (χ1n) is 7.25. The minimum Gasteiger partial charge on any atom is -0.352 e. The van der Waals surface area contributed by atoms with Gasteiger partial charge >= 0.3 is 0 Å². The summed E-state index contributed by atoms with van der Waals surface area (Å²) in [7, 11) is 0. The molecule has 0 heterocycles. The van der Waals surface area contributed by atoms with Crippen molar-refractivity contribution in [2.24, 2.45) is 0 Å². The van der Waals surface area contributed by atoms with E-state index in [-0.39, 0.29) is 5.91 Å². The van der Waals surface area contributed by atoms with E-state index in [9.17, 15) is 4.79 Å². The van der Waals surface area contributed by atoms with Crippen LogP contribution in [0.5, 0.6) is 0 Å². The lowest BCUT2D eigenvalue weighted by Crippen LogP contribution is -2.24. The van der Waals surface area contributed by atoms with E-state index in [1.807, 2.05) is 43.3 Å². The lowest BCUT2D eigenvalue weighted by molar-refractivity contribution is -0.117. The smallest absolute Gasteiger partial charge is 0.246 e. The quantitative estimate of drug-likeness (QED) is 0.551. The van der Waals surface area contributed by atoms with Gasteiger partial charge in [0.05, 0.1) is 0 Å². The average Bonchev–Trinajstić information content (AvgIpc) is 2.43. The third-order valence-electron chi connectivity index (χ3n) is 3.11. The molecule has 2 nitrogen and oxygen atoms in total. The third kappa shape index (κ3) is 6.80.